The van der Waals surface area contributed by atoms with Crippen molar-refractivity contribution in [3.63, 3.8) is 0 Å². The van der Waals surface area contributed by atoms with Gasteiger partial charge in [0, 0.05) is 12.3 Å². The van der Waals surface area contributed by atoms with E-state index in [1.807, 2.05) is 18.9 Å². The van der Waals surface area contributed by atoms with Gasteiger partial charge in [0.15, 0.2) is 9.84 Å². The van der Waals surface area contributed by atoms with E-state index in [2.05, 4.69) is 0 Å². The first-order valence-electron chi connectivity index (χ1n) is 6.41. The molecule has 0 aromatic heterocycles. The zero-order chi connectivity index (χ0) is 15.3. The van der Waals surface area contributed by atoms with Gasteiger partial charge in [0.25, 0.3) is 0 Å². The number of sulfone groups is 1. The molecule has 0 saturated heterocycles. The average molecular weight is 299 g/mol. The van der Waals surface area contributed by atoms with E-state index >= 15 is 0 Å². The quantitative estimate of drug-likeness (QED) is 0.747. The van der Waals surface area contributed by atoms with E-state index in [9.17, 15) is 13.2 Å². The smallest absolute Gasteiger partial charge is 0.320 e. The molecule has 0 heterocycles. The van der Waals surface area contributed by atoms with Crippen LogP contribution in [0.1, 0.15) is 25.5 Å². The van der Waals surface area contributed by atoms with Crippen molar-refractivity contribution in [2.45, 2.75) is 24.8 Å². The summed E-state index contributed by atoms with van der Waals surface area (Å²) in [6.45, 7) is 4.28. The summed E-state index contributed by atoms with van der Waals surface area (Å²) in [7, 11) is -1.35. The minimum Gasteiger partial charge on any atom is -0.465 e. The first-order valence-corrected chi connectivity index (χ1v) is 8.30. The molecule has 6 heteroatoms. The summed E-state index contributed by atoms with van der Waals surface area (Å²) in [5.74, 6) is -0.269. The Labute approximate surface area is 120 Å². The van der Waals surface area contributed by atoms with Crippen molar-refractivity contribution in [2.24, 2.45) is 0 Å². The number of hydrogen-bond donors (Lipinski definition) is 0. The maximum atomic E-state index is 11.4. The predicted octanol–water partition coefficient (Wildman–Crippen LogP) is 1.65. The molecule has 0 aliphatic heterocycles. The highest BCUT2D eigenvalue weighted by Crippen LogP contribution is 2.20. The molecular weight excluding hydrogens is 278 g/mol. The lowest BCUT2D eigenvalue weighted by atomic mass is 10.1. The lowest BCUT2D eigenvalue weighted by molar-refractivity contribution is -0.144. The number of likely N-dealkylation sites (N-methyl/N-ethyl adjacent to an activating group) is 1. The Morgan fingerprint density at radius 2 is 1.85 bits per heavy atom. The van der Waals surface area contributed by atoms with Crippen LogP contribution in [0.25, 0.3) is 0 Å². The van der Waals surface area contributed by atoms with Gasteiger partial charge in [-0.1, -0.05) is 12.1 Å². The fourth-order valence-corrected chi connectivity index (χ4v) is 2.43. The number of carbonyl (C=O) groups excluding carboxylic acids is 1. The molecular formula is C14H21NO4S. The standard InChI is InChI=1S/C14H21NO4S/c1-5-19-14(16)10-15(3)11(2)12-6-8-13(9-7-12)20(4,17)18/h6-9,11H,5,10H2,1-4H3/t11-/m1/s1. The van der Waals surface area contributed by atoms with E-state index < -0.39 is 9.84 Å². The van der Waals surface area contributed by atoms with Crippen molar-refractivity contribution >= 4 is 15.8 Å². The van der Waals surface area contributed by atoms with Crippen molar-refractivity contribution < 1.29 is 17.9 Å². The average Bonchev–Trinajstić information content (AvgIpc) is 2.37. The normalized spacial score (nSPS) is 13.2. The van der Waals surface area contributed by atoms with Gasteiger partial charge in [-0.25, -0.2) is 8.42 Å². The van der Waals surface area contributed by atoms with Crippen LogP contribution < -0.4 is 0 Å². The Kier molecular flexibility index (Phi) is 5.71. The molecule has 0 aliphatic carbocycles. The molecule has 0 aliphatic rings. The van der Waals surface area contributed by atoms with Gasteiger partial charge >= 0.3 is 5.97 Å². The molecule has 0 N–H and O–H groups in total. The predicted molar refractivity (Wildman–Crippen MR) is 77.2 cm³/mol. The van der Waals surface area contributed by atoms with Crippen LogP contribution >= 0.6 is 0 Å². The zero-order valence-corrected chi connectivity index (χ0v) is 13.1. The van der Waals surface area contributed by atoms with Crippen molar-refractivity contribution in [2.75, 3.05) is 26.5 Å². The highest BCUT2D eigenvalue weighted by molar-refractivity contribution is 7.90. The Morgan fingerprint density at radius 1 is 1.30 bits per heavy atom. The summed E-state index contributed by atoms with van der Waals surface area (Å²) >= 11 is 0. The van der Waals surface area contributed by atoms with E-state index in [0.717, 1.165) is 5.56 Å². The van der Waals surface area contributed by atoms with Crippen LogP contribution in [0.15, 0.2) is 29.2 Å². The maximum Gasteiger partial charge on any atom is 0.320 e. The monoisotopic (exact) mass is 299 g/mol. The number of carbonyl (C=O) groups is 1. The molecule has 1 atom stereocenters. The summed E-state index contributed by atoms with van der Waals surface area (Å²) in [4.78, 5) is 13.6. The largest absolute Gasteiger partial charge is 0.465 e. The minimum atomic E-state index is -3.18. The van der Waals surface area contributed by atoms with Crippen LogP contribution in [0.3, 0.4) is 0 Å². The fraction of sp³-hybridized carbons (Fsp3) is 0.500. The summed E-state index contributed by atoms with van der Waals surface area (Å²) in [5.41, 5.74) is 0.948. The third kappa shape index (κ3) is 4.61. The lowest BCUT2D eigenvalue weighted by Gasteiger charge is -2.24. The molecule has 1 aromatic rings. The Morgan fingerprint density at radius 3 is 2.30 bits per heavy atom. The topological polar surface area (TPSA) is 63.7 Å². The highest BCUT2D eigenvalue weighted by atomic mass is 32.2. The van der Waals surface area contributed by atoms with E-state index in [-0.39, 0.29) is 18.6 Å². The van der Waals surface area contributed by atoms with E-state index in [0.29, 0.717) is 11.5 Å². The second kappa shape index (κ2) is 6.85. The summed E-state index contributed by atoms with van der Waals surface area (Å²) < 4.78 is 27.7. The molecule has 0 amide bonds. The van der Waals surface area contributed by atoms with Gasteiger partial charge in [-0.3, -0.25) is 9.69 Å². The minimum absolute atomic E-state index is 0.00647. The maximum absolute atomic E-state index is 11.4. The van der Waals surface area contributed by atoms with Crippen molar-refractivity contribution in [3.8, 4) is 0 Å². The summed E-state index contributed by atoms with van der Waals surface area (Å²) in [5, 5.41) is 0. The van der Waals surface area contributed by atoms with E-state index in [1.165, 1.54) is 6.26 Å². The van der Waals surface area contributed by atoms with E-state index in [4.69, 9.17) is 4.74 Å². The van der Waals surface area contributed by atoms with Gasteiger partial charge in [0.1, 0.15) is 0 Å². The number of rotatable bonds is 6. The molecule has 112 valence electrons. The third-order valence-corrected chi connectivity index (χ3v) is 4.26. The van der Waals surface area contributed by atoms with Crippen molar-refractivity contribution in [1.82, 2.24) is 4.90 Å². The van der Waals surface area contributed by atoms with Crippen LogP contribution in [0.4, 0.5) is 0 Å². The van der Waals surface area contributed by atoms with Gasteiger partial charge in [0.2, 0.25) is 0 Å². The Hall–Kier alpha value is -1.40. The molecule has 0 fully saturated rings. The second-order valence-electron chi connectivity index (χ2n) is 4.74. The summed E-state index contributed by atoms with van der Waals surface area (Å²) in [6.07, 6.45) is 1.18. The van der Waals surface area contributed by atoms with Crippen molar-refractivity contribution in [3.05, 3.63) is 29.8 Å². The second-order valence-corrected chi connectivity index (χ2v) is 6.75. The van der Waals surface area contributed by atoms with Gasteiger partial charge in [-0.2, -0.15) is 0 Å². The number of esters is 1. The van der Waals surface area contributed by atoms with Crippen LogP contribution in [-0.4, -0.2) is 45.7 Å². The van der Waals surface area contributed by atoms with E-state index in [1.54, 1.807) is 31.2 Å². The molecule has 5 nitrogen and oxygen atoms in total. The van der Waals surface area contributed by atoms with Crippen molar-refractivity contribution in [1.29, 1.82) is 0 Å². The number of nitrogens with zero attached hydrogens (tertiary/aromatic N) is 1. The fourth-order valence-electron chi connectivity index (χ4n) is 1.80. The lowest BCUT2D eigenvalue weighted by Crippen LogP contribution is -2.29. The molecule has 1 rings (SSSR count). The third-order valence-electron chi connectivity index (χ3n) is 3.14. The molecule has 0 saturated carbocycles. The first kappa shape index (κ1) is 16.7. The van der Waals surface area contributed by atoms with Gasteiger partial charge in [-0.15, -0.1) is 0 Å². The van der Waals surface area contributed by atoms with Crippen LogP contribution in [0, 0.1) is 0 Å². The molecule has 1 aromatic carbocycles. The van der Waals surface area contributed by atoms with Crippen LogP contribution in [0.2, 0.25) is 0 Å². The van der Waals surface area contributed by atoms with Gasteiger partial charge in [0.05, 0.1) is 18.0 Å². The zero-order valence-electron chi connectivity index (χ0n) is 12.3. The Balaban J connectivity index is 2.77. The first-order chi connectivity index (χ1) is 9.25. The number of benzene rings is 1. The molecule has 0 bridgehead atoms. The SMILES string of the molecule is CCOC(=O)CN(C)[C@H](C)c1ccc(S(C)(=O)=O)cc1. The number of ether oxygens (including phenoxy) is 1. The molecule has 0 unspecified atom stereocenters. The summed E-state index contributed by atoms with van der Waals surface area (Å²) in [6, 6.07) is 6.69. The Bertz CT molecular complexity index is 551. The molecule has 0 radical (unpaired) electrons. The van der Waals surface area contributed by atoms with Gasteiger partial charge < -0.3 is 4.74 Å². The van der Waals surface area contributed by atoms with Crippen LogP contribution in [0.5, 0.6) is 0 Å². The van der Waals surface area contributed by atoms with Crippen LogP contribution in [-0.2, 0) is 19.4 Å². The molecule has 20 heavy (non-hydrogen) atoms. The number of hydrogen-bond acceptors (Lipinski definition) is 5. The van der Waals surface area contributed by atoms with Gasteiger partial charge in [-0.05, 0) is 38.6 Å². The molecule has 0 spiro atoms. The highest BCUT2D eigenvalue weighted by Gasteiger charge is 2.16.